The Hall–Kier alpha value is -1.79. The minimum absolute atomic E-state index is 0.0375. The summed E-state index contributed by atoms with van der Waals surface area (Å²) in [7, 11) is 0. The fourth-order valence-corrected chi connectivity index (χ4v) is 1.65. The predicted octanol–water partition coefficient (Wildman–Crippen LogP) is 3.49. The number of hydrogen-bond acceptors (Lipinski definition) is 3. The largest absolute Gasteiger partial charge is 0.478 e. The molecule has 112 valence electrons. The molecule has 0 aliphatic carbocycles. The molecule has 1 aromatic rings. The average Bonchev–Trinajstić information content (AvgIpc) is 2.36. The highest BCUT2D eigenvalue weighted by Gasteiger charge is 2.25. The van der Waals surface area contributed by atoms with Crippen molar-refractivity contribution in [2.24, 2.45) is 0 Å². The van der Waals surface area contributed by atoms with Crippen molar-refractivity contribution in [3.8, 4) is 0 Å². The second-order valence-corrected chi connectivity index (χ2v) is 4.39. The Morgan fingerprint density at radius 3 is 2.60 bits per heavy atom. The molecular formula is C13H17F3N2O2. The molecule has 0 aliphatic heterocycles. The number of pyridine rings is 1. The summed E-state index contributed by atoms with van der Waals surface area (Å²) >= 11 is 0. The van der Waals surface area contributed by atoms with Crippen molar-refractivity contribution < 1.29 is 23.1 Å². The molecule has 0 atom stereocenters. The van der Waals surface area contributed by atoms with E-state index in [-0.39, 0.29) is 12.0 Å². The van der Waals surface area contributed by atoms with Crippen LogP contribution in [0.2, 0.25) is 0 Å². The lowest BCUT2D eigenvalue weighted by Gasteiger charge is -2.09. The Kier molecular flexibility index (Phi) is 5.79. The molecule has 0 fully saturated rings. The minimum Gasteiger partial charge on any atom is -0.478 e. The molecule has 0 spiro atoms. The van der Waals surface area contributed by atoms with Gasteiger partial charge in [-0.3, -0.25) is 0 Å². The topological polar surface area (TPSA) is 62.2 Å². The second kappa shape index (κ2) is 7.12. The van der Waals surface area contributed by atoms with Gasteiger partial charge in [-0.15, -0.1) is 0 Å². The van der Waals surface area contributed by atoms with Gasteiger partial charge in [0.05, 0.1) is 5.56 Å². The normalized spacial score (nSPS) is 11.4. The monoisotopic (exact) mass is 290 g/mol. The lowest BCUT2D eigenvalue weighted by molar-refractivity contribution is -0.135. The second-order valence-electron chi connectivity index (χ2n) is 4.39. The van der Waals surface area contributed by atoms with Gasteiger partial charge in [-0.25, -0.2) is 9.78 Å². The van der Waals surface area contributed by atoms with Gasteiger partial charge in [0.15, 0.2) is 0 Å². The first-order valence-electron chi connectivity index (χ1n) is 6.36. The number of aromatic nitrogens is 1. The van der Waals surface area contributed by atoms with Crippen LogP contribution in [0, 0.1) is 0 Å². The lowest BCUT2D eigenvalue weighted by atomic mass is 10.2. The molecule has 0 radical (unpaired) electrons. The van der Waals surface area contributed by atoms with Crippen molar-refractivity contribution in [1.82, 2.24) is 4.98 Å². The molecule has 1 aromatic heterocycles. The summed E-state index contributed by atoms with van der Waals surface area (Å²) in [6.45, 7) is 2.18. The van der Waals surface area contributed by atoms with Crippen molar-refractivity contribution in [1.29, 1.82) is 0 Å². The van der Waals surface area contributed by atoms with E-state index in [0.29, 0.717) is 30.9 Å². The number of unbranched alkanes of at least 4 members (excludes halogenated alkanes) is 1. The number of carbonyl (C=O) groups is 1. The van der Waals surface area contributed by atoms with Crippen LogP contribution in [0.4, 0.5) is 19.0 Å². The molecule has 1 heterocycles. The van der Waals surface area contributed by atoms with Crippen LogP contribution in [0.25, 0.3) is 0 Å². The maximum Gasteiger partial charge on any atom is 0.389 e. The number of anilines is 1. The smallest absolute Gasteiger partial charge is 0.389 e. The third kappa shape index (κ3) is 5.90. The van der Waals surface area contributed by atoms with E-state index in [1.807, 2.05) is 6.92 Å². The molecule has 7 heteroatoms. The summed E-state index contributed by atoms with van der Waals surface area (Å²) in [5.74, 6) is -0.670. The highest BCUT2D eigenvalue weighted by Crippen LogP contribution is 2.22. The number of carboxylic acid groups (broad SMARTS) is 1. The van der Waals surface area contributed by atoms with Crippen molar-refractivity contribution in [2.75, 3.05) is 11.9 Å². The van der Waals surface area contributed by atoms with Crippen molar-refractivity contribution in [3.05, 3.63) is 23.4 Å². The van der Waals surface area contributed by atoms with E-state index >= 15 is 0 Å². The first kappa shape index (κ1) is 16.3. The van der Waals surface area contributed by atoms with Crippen molar-refractivity contribution in [3.63, 3.8) is 0 Å². The fourth-order valence-electron chi connectivity index (χ4n) is 1.65. The molecule has 0 aromatic carbocycles. The summed E-state index contributed by atoms with van der Waals surface area (Å²) in [6, 6.07) is 2.86. The molecule has 0 unspecified atom stereocenters. The van der Waals surface area contributed by atoms with E-state index in [2.05, 4.69) is 10.3 Å². The van der Waals surface area contributed by atoms with Gasteiger partial charge in [-0.05, 0) is 31.4 Å². The minimum atomic E-state index is -4.13. The number of halogens is 3. The zero-order chi connectivity index (χ0) is 15.2. The predicted molar refractivity (Wildman–Crippen MR) is 69.0 cm³/mol. The van der Waals surface area contributed by atoms with Crippen LogP contribution in [0.3, 0.4) is 0 Å². The molecule has 0 aliphatic rings. The van der Waals surface area contributed by atoms with E-state index < -0.39 is 18.6 Å². The summed E-state index contributed by atoms with van der Waals surface area (Å²) < 4.78 is 35.8. The summed E-state index contributed by atoms with van der Waals surface area (Å²) in [5.41, 5.74) is 0.748. The molecule has 0 saturated heterocycles. The number of carboxylic acids is 1. The SMILES string of the molecule is CCc1cc(C(=O)O)cc(NCCCCC(F)(F)F)n1. The maximum atomic E-state index is 11.9. The number of nitrogens with one attached hydrogen (secondary N) is 1. The number of alkyl halides is 3. The van der Waals surface area contributed by atoms with Gasteiger partial charge in [-0.1, -0.05) is 6.92 Å². The van der Waals surface area contributed by atoms with E-state index in [1.54, 1.807) is 0 Å². The number of hydrogen-bond donors (Lipinski definition) is 2. The number of nitrogens with zero attached hydrogens (tertiary/aromatic N) is 1. The molecule has 20 heavy (non-hydrogen) atoms. The van der Waals surface area contributed by atoms with Crippen LogP contribution in [-0.2, 0) is 6.42 Å². The van der Waals surface area contributed by atoms with E-state index in [4.69, 9.17) is 5.11 Å². The number of aromatic carboxylic acids is 1. The molecule has 0 amide bonds. The first-order chi connectivity index (χ1) is 9.31. The molecule has 1 rings (SSSR count). The first-order valence-corrected chi connectivity index (χ1v) is 6.36. The van der Waals surface area contributed by atoms with E-state index in [1.165, 1.54) is 12.1 Å². The summed E-state index contributed by atoms with van der Waals surface area (Å²) in [5, 5.41) is 11.8. The van der Waals surface area contributed by atoms with Crippen LogP contribution >= 0.6 is 0 Å². The summed E-state index contributed by atoms with van der Waals surface area (Å²) in [4.78, 5) is 15.1. The molecule has 0 saturated carbocycles. The molecule has 0 bridgehead atoms. The van der Waals surface area contributed by atoms with Crippen LogP contribution in [-0.4, -0.2) is 28.8 Å². The number of rotatable bonds is 7. The van der Waals surface area contributed by atoms with Gasteiger partial charge >= 0.3 is 12.1 Å². The summed E-state index contributed by atoms with van der Waals surface area (Å²) in [6.07, 6.45) is -3.96. The quantitative estimate of drug-likeness (QED) is 0.755. The highest BCUT2D eigenvalue weighted by molar-refractivity contribution is 5.88. The zero-order valence-corrected chi connectivity index (χ0v) is 11.1. The fraction of sp³-hybridized carbons (Fsp3) is 0.538. The van der Waals surface area contributed by atoms with Crippen molar-refractivity contribution in [2.45, 2.75) is 38.8 Å². The Labute approximate surface area is 115 Å². The van der Waals surface area contributed by atoms with E-state index in [9.17, 15) is 18.0 Å². The highest BCUT2D eigenvalue weighted by atomic mass is 19.4. The Balaban J connectivity index is 2.51. The van der Waals surface area contributed by atoms with E-state index in [0.717, 1.165) is 0 Å². The Morgan fingerprint density at radius 2 is 2.05 bits per heavy atom. The van der Waals surface area contributed by atoms with Crippen LogP contribution in [0.1, 0.15) is 42.2 Å². The third-order valence-corrected chi connectivity index (χ3v) is 2.68. The molecular weight excluding hydrogens is 273 g/mol. The standard InChI is InChI=1S/C13H17F3N2O2/c1-2-10-7-9(12(19)20)8-11(18-10)17-6-4-3-5-13(14,15)16/h7-8H,2-6H2,1H3,(H,17,18)(H,19,20). The Morgan fingerprint density at radius 1 is 1.35 bits per heavy atom. The van der Waals surface area contributed by atoms with Crippen LogP contribution < -0.4 is 5.32 Å². The molecule has 2 N–H and O–H groups in total. The Bertz CT molecular complexity index is 461. The van der Waals surface area contributed by atoms with Gasteiger partial charge in [-0.2, -0.15) is 13.2 Å². The van der Waals surface area contributed by atoms with Gasteiger partial charge in [0.2, 0.25) is 0 Å². The van der Waals surface area contributed by atoms with Gasteiger partial charge in [0, 0.05) is 18.7 Å². The van der Waals surface area contributed by atoms with Gasteiger partial charge in [0.25, 0.3) is 0 Å². The lowest BCUT2D eigenvalue weighted by Crippen LogP contribution is -2.10. The third-order valence-electron chi connectivity index (χ3n) is 2.68. The van der Waals surface area contributed by atoms with Gasteiger partial charge < -0.3 is 10.4 Å². The van der Waals surface area contributed by atoms with Crippen LogP contribution in [0.5, 0.6) is 0 Å². The maximum absolute atomic E-state index is 11.9. The van der Waals surface area contributed by atoms with Crippen molar-refractivity contribution >= 4 is 11.8 Å². The average molecular weight is 290 g/mol. The molecule has 4 nitrogen and oxygen atoms in total. The number of aryl methyl sites for hydroxylation is 1. The van der Waals surface area contributed by atoms with Crippen LogP contribution in [0.15, 0.2) is 12.1 Å². The zero-order valence-electron chi connectivity index (χ0n) is 11.1. The van der Waals surface area contributed by atoms with Gasteiger partial charge in [0.1, 0.15) is 5.82 Å².